The van der Waals surface area contributed by atoms with E-state index in [1.807, 2.05) is 91.0 Å². The highest BCUT2D eigenvalue weighted by Crippen LogP contribution is 2.41. The third-order valence-corrected chi connectivity index (χ3v) is 9.36. The first-order valence-corrected chi connectivity index (χ1v) is 16.2. The van der Waals surface area contributed by atoms with E-state index in [4.69, 9.17) is 33.1 Å². The summed E-state index contributed by atoms with van der Waals surface area (Å²) in [6.45, 7) is 0. The summed E-state index contributed by atoms with van der Waals surface area (Å²) in [5.74, 6) is 0.0159. The van der Waals surface area contributed by atoms with Gasteiger partial charge in [0.25, 0.3) is 0 Å². The van der Waals surface area contributed by atoms with Crippen LogP contribution in [0.5, 0.6) is 0 Å². The fourth-order valence-electron chi connectivity index (χ4n) is 7.23. The van der Waals surface area contributed by atoms with Crippen LogP contribution in [-0.2, 0) is 0 Å². The molecule has 11 aromatic rings. The average molecular weight is 664 g/mol. The summed E-state index contributed by atoms with van der Waals surface area (Å²) in [7, 11) is 0. The van der Waals surface area contributed by atoms with E-state index in [0.717, 1.165) is 32.3 Å². The molecule has 51 heavy (non-hydrogen) atoms. The molecule has 0 fully saturated rings. The van der Waals surface area contributed by atoms with Gasteiger partial charge in [-0.1, -0.05) is 115 Å². The molecule has 4 aromatic heterocycles. The number of para-hydroxylation sites is 4. The Morgan fingerprint density at radius 3 is 1.75 bits per heavy atom. The molecule has 0 saturated carbocycles. The van der Waals surface area contributed by atoms with Gasteiger partial charge >= 0.3 is 0 Å². The van der Waals surface area contributed by atoms with Crippen molar-refractivity contribution < 1.29 is 18.1 Å². The SMILES string of the molecule is [2H]c1c([2H])c([2H])c(-c2nc(-c3ccc4oc5ccccc5c4c3)nc(-n3c4ccccc4c4ccc5c6ccccc6n(-c6c([2H])c([2H])c([2H])c([2H])c6[2H])c5c43)n2)c([2H])c1[2H]. The molecule has 0 aliphatic carbocycles. The van der Waals surface area contributed by atoms with Crippen LogP contribution < -0.4 is 0 Å². The van der Waals surface area contributed by atoms with Crippen molar-refractivity contribution in [1.29, 1.82) is 0 Å². The number of hydrogen-bond acceptors (Lipinski definition) is 4. The fourth-order valence-corrected chi connectivity index (χ4v) is 7.23. The van der Waals surface area contributed by atoms with Crippen molar-refractivity contribution in [2.75, 3.05) is 0 Å². The summed E-state index contributed by atoms with van der Waals surface area (Å²) in [5, 5.41) is 4.66. The monoisotopic (exact) mass is 663 g/mol. The van der Waals surface area contributed by atoms with Crippen LogP contribution in [0.3, 0.4) is 0 Å². The van der Waals surface area contributed by atoms with Crippen LogP contribution in [0.15, 0.2) is 168 Å². The summed E-state index contributed by atoms with van der Waals surface area (Å²) in [4.78, 5) is 14.8. The van der Waals surface area contributed by atoms with Gasteiger partial charge in [0.05, 0.1) is 35.8 Å². The Morgan fingerprint density at radius 1 is 0.451 bits per heavy atom. The number of rotatable bonds is 4. The normalized spacial score (nSPS) is 14.7. The fraction of sp³-hybridized carbons (Fsp3) is 0. The molecule has 0 aliphatic rings. The molecular formula is C45H27N5O. The van der Waals surface area contributed by atoms with Crippen LogP contribution in [0, 0.1) is 0 Å². The molecule has 0 aliphatic heterocycles. The minimum absolute atomic E-state index is 0.0422. The molecule has 0 spiro atoms. The van der Waals surface area contributed by atoms with Gasteiger partial charge < -0.3 is 8.98 Å². The van der Waals surface area contributed by atoms with Gasteiger partial charge in [0.15, 0.2) is 11.6 Å². The number of fused-ring (bicyclic) bond motifs is 10. The lowest BCUT2D eigenvalue weighted by Crippen LogP contribution is -2.07. The zero-order chi connectivity index (χ0) is 42.2. The van der Waals surface area contributed by atoms with Crippen LogP contribution in [0.4, 0.5) is 0 Å². The van der Waals surface area contributed by atoms with Gasteiger partial charge in [0.1, 0.15) is 11.2 Å². The van der Waals surface area contributed by atoms with Crippen LogP contribution in [-0.4, -0.2) is 24.1 Å². The highest BCUT2D eigenvalue weighted by atomic mass is 16.3. The predicted molar refractivity (Wildman–Crippen MR) is 207 cm³/mol. The zero-order valence-corrected chi connectivity index (χ0v) is 26.5. The largest absolute Gasteiger partial charge is 0.456 e. The van der Waals surface area contributed by atoms with Gasteiger partial charge in [0, 0.05) is 49.1 Å². The van der Waals surface area contributed by atoms with Gasteiger partial charge in [-0.3, -0.25) is 4.57 Å². The van der Waals surface area contributed by atoms with E-state index in [2.05, 4.69) is 0 Å². The third-order valence-electron chi connectivity index (χ3n) is 9.36. The molecule has 0 N–H and O–H groups in total. The number of aromatic nitrogens is 5. The maximum absolute atomic E-state index is 9.11. The van der Waals surface area contributed by atoms with Crippen molar-refractivity contribution >= 4 is 65.6 Å². The molecule has 11 rings (SSSR count). The van der Waals surface area contributed by atoms with E-state index in [1.54, 1.807) is 21.3 Å². The second-order valence-electron chi connectivity index (χ2n) is 12.1. The summed E-state index contributed by atoms with van der Waals surface area (Å²) < 4.78 is 96.7. The maximum atomic E-state index is 9.11. The highest BCUT2D eigenvalue weighted by Gasteiger charge is 2.23. The van der Waals surface area contributed by atoms with Crippen molar-refractivity contribution in [2.45, 2.75) is 0 Å². The minimum Gasteiger partial charge on any atom is -0.456 e. The first-order valence-electron chi connectivity index (χ1n) is 21.2. The molecular weight excluding hydrogens is 627 g/mol. The molecule has 0 atom stereocenters. The van der Waals surface area contributed by atoms with E-state index in [-0.39, 0.29) is 40.9 Å². The van der Waals surface area contributed by atoms with E-state index in [0.29, 0.717) is 38.8 Å². The first kappa shape index (κ1) is 19.8. The molecule has 0 saturated heterocycles. The average Bonchev–Trinajstić information content (AvgIpc) is 3.94. The van der Waals surface area contributed by atoms with Gasteiger partial charge in [0.2, 0.25) is 5.95 Å². The third kappa shape index (κ3) is 4.14. The predicted octanol–water partition coefficient (Wildman–Crippen LogP) is 11.3. The van der Waals surface area contributed by atoms with E-state index in [1.165, 1.54) is 0 Å². The molecule has 6 heteroatoms. The second-order valence-corrected chi connectivity index (χ2v) is 12.1. The molecule has 0 unspecified atom stereocenters. The lowest BCUT2D eigenvalue weighted by Gasteiger charge is -2.13. The minimum atomic E-state index is -0.559. The molecule has 4 heterocycles. The summed E-state index contributed by atoms with van der Waals surface area (Å²) in [6.07, 6.45) is 0. The molecule has 0 amide bonds. The first-order chi connectivity index (χ1) is 29.4. The maximum Gasteiger partial charge on any atom is 0.238 e. The van der Waals surface area contributed by atoms with Gasteiger partial charge in [-0.2, -0.15) is 9.97 Å². The molecule has 0 bridgehead atoms. The van der Waals surface area contributed by atoms with Crippen LogP contribution >= 0.6 is 0 Å². The van der Waals surface area contributed by atoms with Gasteiger partial charge in [-0.25, -0.2) is 4.98 Å². The Balaban J connectivity index is 1.32. The summed E-state index contributed by atoms with van der Waals surface area (Å²) in [5.41, 5.74) is 3.87. The van der Waals surface area contributed by atoms with Crippen molar-refractivity contribution in [1.82, 2.24) is 24.1 Å². The Hall–Kier alpha value is -7.05. The number of hydrogen-bond donors (Lipinski definition) is 0. The Kier molecular flexibility index (Phi) is 4.17. The van der Waals surface area contributed by atoms with Crippen molar-refractivity contribution in [3.8, 4) is 34.4 Å². The van der Waals surface area contributed by atoms with Crippen LogP contribution in [0.2, 0.25) is 0 Å². The van der Waals surface area contributed by atoms with Crippen molar-refractivity contribution in [3.05, 3.63) is 164 Å². The Bertz CT molecular complexity index is 3690. The quantitative estimate of drug-likeness (QED) is 0.188. The van der Waals surface area contributed by atoms with E-state index in [9.17, 15) is 0 Å². The molecule has 6 nitrogen and oxygen atoms in total. The highest BCUT2D eigenvalue weighted by molar-refractivity contribution is 6.23. The zero-order valence-electron chi connectivity index (χ0n) is 36.5. The lowest BCUT2D eigenvalue weighted by atomic mass is 10.1. The van der Waals surface area contributed by atoms with Crippen molar-refractivity contribution in [2.24, 2.45) is 0 Å². The number of nitrogens with zero attached hydrogens (tertiary/aromatic N) is 5. The topological polar surface area (TPSA) is 61.7 Å². The number of benzene rings is 7. The Morgan fingerprint density at radius 2 is 1.02 bits per heavy atom. The molecule has 0 radical (unpaired) electrons. The van der Waals surface area contributed by atoms with E-state index < -0.39 is 48.3 Å². The van der Waals surface area contributed by atoms with Crippen molar-refractivity contribution in [3.63, 3.8) is 0 Å². The van der Waals surface area contributed by atoms with Gasteiger partial charge in [-0.15, -0.1) is 0 Å². The summed E-state index contributed by atoms with van der Waals surface area (Å²) in [6, 6.07) is 27.1. The van der Waals surface area contributed by atoms with Crippen LogP contribution in [0.25, 0.3) is 100.0 Å². The number of furan rings is 1. The van der Waals surface area contributed by atoms with Crippen LogP contribution in [0.1, 0.15) is 13.7 Å². The Labute approximate surface area is 305 Å². The smallest absolute Gasteiger partial charge is 0.238 e. The standard InChI is InChI=1S/C45H27N5O/c1-3-13-28(14-4-1)43-46-44(29-23-26-40-36(27-29)33-19-9-12-22-39(33)51-40)48-45(47-43)50-38-21-11-8-18-32(38)35-25-24-34-31-17-7-10-20-37(31)49(41(34)42(35)50)30-15-5-2-6-16-30/h1-27H/i1D,2D,3D,4D,5D,6D,13D,14D,15D,16D. The second kappa shape index (κ2) is 10.7. The van der Waals surface area contributed by atoms with Gasteiger partial charge in [-0.05, 0) is 48.5 Å². The lowest BCUT2D eigenvalue weighted by molar-refractivity contribution is 0.669. The molecule has 238 valence electrons. The summed E-state index contributed by atoms with van der Waals surface area (Å²) >= 11 is 0. The van der Waals surface area contributed by atoms with E-state index >= 15 is 0 Å². The molecule has 7 aromatic carbocycles.